The van der Waals surface area contributed by atoms with Crippen LogP contribution >= 0.6 is 55.1 Å². The van der Waals surface area contributed by atoms with E-state index >= 15 is 0 Å². The maximum Gasteiger partial charge on any atom is 0.435 e. The van der Waals surface area contributed by atoms with Crippen LogP contribution in [0.4, 0.5) is 36.7 Å². The maximum absolute atomic E-state index is 12.0. The van der Waals surface area contributed by atoms with Crippen LogP contribution in [0.3, 0.4) is 0 Å². The third kappa shape index (κ3) is 25.2. The number of aromatic carboxylic acids is 2. The molecule has 19 nitrogen and oxygen atoms in total. The van der Waals surface area contributed by atoms with Gasteiger partial charge >= 0.3 is 18.0 Å². The minimum Gasteiger partial charge on any atom is -0.477 e. The fourth-order valence-electron chi connectivity index (χ4n) is 6.59. The zero-order chi connectivity index (χ0) is 57.4. The van der Waals surface area contributed by atoms with Crippen LogP contribution in [-0.4, -0.2) is 91.7 Å². The number of aromatic amines is 1. The van der Waals surface area contributed by atoms with Crippen molar-refractivity contribution in [1.82, 2.24) is 39.7 Å². The third-order valence-corrected chi connectivity index (χ3v) is 11.7. The number of rotatable bonds is 7. The van der Waals surface area contributed by atoms with Crippen LogP contribution in [0.25, 0.3) is 33.0 Å². The Kier molecular flexibility index (Phi) is 32.3. The SMILES string of the molecule is C.C.C.C.C.C.CC(C)(C)OC(=O)n1cc(-c2ccc(Nc3ncnc(Cl)n3)cc2)cn1.CC(C)N.Clc1nccc(Nc2ccc3c(c2)C=NC3)n1.FC1(F)CCC1.O=C(O)c1cc2ccc(Br)cc2[nH]1.O=C(O)c1cc2ccc(Br)cc2o1. The van der Waals surface area contributed by atoms with Crippen molar-refractivity contribution in [3.63, 3.8) is 0 Å². The van der Waals surface area contributed by atoms with Crippen molar-refractivity contribution >= 4 is 124 Å². The minimum absolute atomic E-state index is 0. The fourth-order valence-corrected chi connectivity index (χ4v) is 7.56. The van der Waals surface area contributed by atoms with E-state index in [9.17, 15) is 23.2 Å². The van der Waals surface area contributed by atoms with Crippen molar-refractivity contribution in [3.8, 4) is 11.1 Å². The van der Waals surface area contributed by atoms with Crippen LogP contribution in [0.2, 0.25) is 10.6 Å². The first-order valence-electron chi connectivity index (χ1n) is 23.8. The summed E-state index contributed by atoms with van der Waals surface area (Å²) in [5, 5.41) is 29.7. The van der Waals surface area contributed by atoms with E-state index in [0.717, 1.165) is 59.8 Å². The molecular formula is C60H76Br2Cl2F2N12O7. The molecule has 0 radical (unpaired) electrons. The first-order valence-corrected chi connectivity index (χ1v) is 26.2. The number of benzene rings is 4. The molecule has 5 aromatic heterocycles. The molecule has 0 unspecified atom stereocenters. The van der Waals surface area contributed by atoms with Crippen molar-refractivity contribution in [1.29, 1.82) is 0 Å². The molecule has 4 aromatic carbocycles. The summed E-state index contributed by atoms with van der Waals surface area (Å²) in [5.41, 5.74) is 12.0. The molecule has 0 amide bonds. The number of furan rings is 1. The van der Waals surface area contributed by atoms with Gasteiger partial charge in [-0.15, -0.1) is 0 Å². The number of carbonyl (C=O) groups excluding carboxylic acids is 1. The van der Waals surface area contributed by atoms with Gasteiger partial charge in [-0.05, 0) is 146 Å². The highest BCUT2D eigenvalue weighted by atomic mass is 79.9. The van der Waals surface area contributed by atoms with E-state index < -0.39 is 29.6 Å². The topological polar surface area (TPSA) is 275 Å². The largest absolute Gasteiger partial charge is 0.477 e. The average molecular weight is 1350 g/mol. The molecule has 0 saturated heterocycles. The smallest absolute Gasteiger partial charge is 0.435 e. The predicted octanol–water partition coefficient (Wildman–Crippen LogP) is 18.2. The number of nitrogens with two attached hydrogens (primary N) is 1. The monoisotopic (exact) mass is 1340 g/mol. The first-order chi connectivity index (χ1) is 37.4. The van der Waals surface area contributed by atoms with Gasteiger partial charge in [-0.1, -0.05) is 115 Å². The molecule has 1 saturated carbocycles. The minimum atomic E-state index is -2.28. The van der Waals surface area contributed by atoms with Gasteiger partial charge in [0.15, 0.2) is 0 Å². The van der Waals surface area contributed by atoms with Crippen molar-refractivity contribution in [2.24, 2.45) is 10.7 Å². The van der Waals surface area contributed by atoms with Gasteiger partial charge in [0.25, 0.3) is 0 Å². The lowest BCUT2D eigenvalue weighted by atomic mass is 9.95. The van der Waals surface area contributed by atoms with E-state index in [0.29, 0.717) is 29.8 Å². The van der Waals surface area contributed by atoms with Gasteiger partial charge in [0.05, 0.1) is 12.7 Å². The molecule has 0 atom stereocenters. The zero-order valence-electron chi connectivity index (χ0n) is 42.9. The highest BCUT2D eigenvalue weighted by molar-refractivity contribution is 9.10. The van der Waals surface area contributed by atoms with Crippen LogP contribution < -0.4 is 16.4 Å². The number of nitrogens with one attached hydrogen (secondary N) is 3. The van der Waals surface area contributed by atoms with Crippen LogP contribution in [-0.2, 0) is 11.3 Å². The summed E-state index contributed by atoms with van der Waals surface area (Å²) >= 11 is 18.0. The van der Waals surface area contributed by atoms with Gasteiger partial charge in [0, 0.05) is 73.6 Å². The number of carbonyl (C=O) groups is 3. The molecule has 460 valence electrons. The number of ether oxygens (including phenoxy) is 1. The maximum atomic E-state index is 12.0. The lowest BCUT2D eigenvalue weighted by Crippen LogP contribution is -2.27. The highest BCUT2D eigenvalue weighted by Crippen LogP contribution is 2.36. The number of halogens is 6. The molecule has 0 spiro atoms. The Morgan fingerprint density at radius 2 is 1.39 bits per heavy atom. The Bertz CT molecular complexity index is 3480. The number of anilines is 4. The number of carboxylic acid groups (broad SMARTS) is 2. The highest BCUT2D eigenvalue weighted by Gasteiger charge is 2.36. The van der Waals surface area contributed by atoms with E-state index in [4.69, 9.17) is 48.3 Å². The Balaban J connectivity index is 0.00000105. The average Bonchev–Trinajstić information content (AvgIpc) is 4.30. The number of nitrogens with zero attached hydrogens (tertiary/aromatic N) is 8. The van der Waals surface area contributed by atoms with Gasteiger partial charge in [-0.2, -0.15) is 14.8 Å². The summed E-state index contributed by atoms with van der Waals surface area (Å²) in [6.45, 7) is 10.1. The summed E-state index contributed by atoms with van der Waals surface area (Å²) < 4.78 is 36.4. The van der Waals surface area contributed by atoms with E-state index in [2.05, 4.69) is 88.6 Å². The van der Waals surface area contributed by atoms with Crippen LogP contribution in [0.5, 0.6) is 0 Å². The number of alkyl halides is 2. The van der Waals surface area contributed by atoms with Crippen LogP contribution in [0.1, 0.15) is 131 Å². The molecule has 85 heavy (non-hydrogen) atoms. The molecule has 0 bridgehead atoms. The van der Waals surface area contributed by atoms with Crippen molar-refractivity contribution in [2.45, 2.75) is 123 Å². The lowest BCUT2D eigenvalue weighted by molar-refractivity contribution is -0.0717. The zero-order valence-corrected chi connectivity index (χ0v) is 47.6. The summed E-state index contributed by atoms with van der Waals surface area (Å²) in [5.74, 6) is -3.26. The predicted molar refractivity (Wildman–Crippen MR) is 348 cm³/mol. The number of hydrogen-bond acceptors (Lipinski definition) is 15. The third-order valence-electron chi connectivity index (χ3n) is 10.3. The molecule has 1 aliphatic carbocycles. The van der Waals surface area contributed by atoms with Crippen molar-refractivity contribution in [2.75, 3.05) is 10.6 Å². The lowest BCUT2D eigenvalue weighted by Gasteiger charge is -2.23. The van der Waals surface area contributed by atoms with Crippen molar-refractivity contribution < 1.29 is 42.5 Å². The number of H-pyrrole nitrogens is 1. The Morgan fingerprint density at radius 3 is 1.96 bits per heavy atom. The Hall–Kier alpha value is -7.70. The molecule has 1 aliphatic heterocycles. The molecule has 11 rings (SSSR count). The Labute approximate surface area is 522 Å². The molecule has 2 aliphatic rings. The molecule has 7 N–H and O–H groups in total. The summed E-state index contributed by atoms with van der Waals surface area (Å²) in [6, 6.07) is 29.8. The van der Waals surface area contributed by atoms with Gasteiger partial charge in [0.1, 0.15) is 29.0 Å². The van der Waals surface area contributed by atoms with E-state index in [1.54, 1.807) is 63.6 Å². The van der Waals surface area contributed by atoms with Crippen molar-refractivity contribution in [3.05, 3.63) is 164 Å². The Morgan fingerprint density at radius 1 is 0.776 bits per heavy atom. The van der Waals surface area contributed by atoms with E-state index in [1.807, 2.05) is 80.7 Å². The van der Waals surface area contributed by atoms with E-state index in [-0.39, 0.29) is 79.4 Å². The van der Waals surface area contributed by atoms with Gasteiger partial charge < -0.3 is 40.7 Å². The standard InChI is InChI=1S/C17H17ClN6O2.C12H9ClN4.C9H6BrNO2.C9H5BrO3.C4H6F2.C3H9N.6CH4/c1-17(2,3)26-16(25)24-9-12(8-21-24)11-4-6-13(7-5-11)22-15-20-10-19-14(18)23-15;13-12-15-4-3-11(17-12)16-10-2-1-8-6-14-7-9(8)5-10;10-6-2-1-5-3-8(9(12)13)11-7(5)4-6;10-6-2-1-5-3-8(9(11)12)13-7(5)4-6;5-4(6)2-1-3-4;1-3(2)4;;;;;;/h4-10H,1-3H3,(H,19,20,22,23);1-5,7H,6H2,(H,15,16,17);1-4,11H,(H,12,13);1-4H,(H,11,12);1-3H2;3H,4H2,1-2H3;6*1H4. The number of carboxylic acids is 2. The number of aromatic nitrogens is 8. The number of aliphatic imine (C=N–C) groups is 1. The van der Waals surface area contributed by atoms with Gasteiger partial charge in [-0.3, -0.25) is 4.99 Å². The second-order valence-corrected chi connectivity index (χ2v) is 20.9. The quantitative estimate of drug-likeness (QED) is 0.0809. The molecule has 1 fully saturated rings. The molecule has 25 heteroatoms. The summed E-state index contributed by atoms with van der Waals surface area (Å²) in [6.07, 6.45) is 8.50. The second kappa shape index (κ2) is 35.6. The number of fused-ring (bicyclic) bond motifs is 3. The normalized spacial score (nSPS) is 11.6. The van der Waals surface area contributed by atoms with Crippen LogP contribution in [0, 0.1) is 0 Å². The summed E-state index contributed by atoms with van der Waals surface area (Å²) in [4.78, 5) is 59.8. The number of hydrogen-bond donors (Lipinski definition) is 6. The molecule has 6 heterocycles. The second-order valence-electron chi connectivity index (χ2n) is 18.4. The fraction of sp³-hybridized carbons (Fsp3) is 0.300. The summed E-state index contributed by atoms with van der Waals surface area (Å²) in [7, 11) is 0. The van der Waals surface area contributed by atoms with Crippen LogP contribution in [0.15, 0.2) is 140 Å². The molecular weight excluding hydrogens is 1270 g/mol. The molecule has 9 aromatic rings. The van der Waals surface area contributed by atoms with Gasteiger partial charge in [0.2, 0.25) is 28.2 Å². The van der Waals surface area contributed by atoms with Gasteiger partial charge in [-0.25, -0.2) is 43.1 Å². The first kappa shape index (κ1) is 77.3. The van der Waals surface area contributed by atoms with E-state index in [1.165, 1.54) is 22.6 Å².